The highest BCUT2D eigenvalue weighted by molar-refractivity contribution is 7.99. The van der Waals surface area contributed by atoms with E-state index in [0.717, 1.165) is 31.9 Å². The predicted molar refractivity (Wildman–Crippen MR) is 95.6 cm³/mol. The molecule has 1 rings (SSSR count). The van der Waals surface area contributed by atoms with Crippen molar-refractivity contribution in [1.82, 2.24) is 5.32 Å². The van der Waals surface area contributed by atoms with Gasteiger partial charge in [0.1, 0.15) is 5.75 Å². The van der Waals surface area contributed by atoms with Gasteiger partial charge in [-0.3, -0.25) is 0 Å². The van der Waals surface area contributed by atoms with Crippen LogP contribution in [0.2, 0.25) is 0 Å². The van der Waals surface area contributed by atoms with E-state index in [1.807, 2.05) is 11.8 Å². The van der Waals surface area contributed by atoms with Crippen molar-refractivity contribution in [2.75, 3.05) is 24.7 Å². The highest BCUT2D eigenvalue weighted by atomic mass is 32.2. The molecule has 1 aromatic rings. The monoisotopic (exact) mass is 309 g/mol. The lowest BCUT2D eigenvalue weighted by atomic mass is 10.1. The summed E-state index contributed by atoms with van der Waals surface area (Å²) in [5.41, 5.74) is 3.85. The molecular weight excluding hydrogens is 278 g/mol. The first-order chi connectivity index (χ1) is 10.0. The first-order valence-electron chi connectivity index (χ1n) is 8.06. The quantitative estimate of drug-likeness (QED) is 0.640. The zero-order chi connectivity index (χ0) is 15.7. The van der Waals surface area contributed by atoms with Gasteiger partial charge in [-0.15, -0.1) is 0 Å². The van der Waals surface area contributed by atoms with Gasteiger partial charge in [-0.1, -0.05) is 32.9 Å². The van der Waals surface area contributed by atoms with Gasteiger partial charge >= 0.3 is 0 Å². The molecule has 0 saturated carbocycles. The molecule has 1 aromatic carbocycles. The minimum absolute atomic E-state index is 0.691. The van der Waals surface area contributed by atoms with Crippen molar-refractivity contribution in [3.05, 3.63) is 28.8 Å². The zero-order valence-corrected chi connectivity index (χ0v) is 15.1. The lowest BCUT2D eigenvalue weighted by Gasteiger charge is -2.15. The van der Waals surface area contributed by atoms with Gasteiger partial charge in [0.2, 0.25) is 0 Å². The molecule has 0 aliphatic rings. The van der Waals surface area contributed by atoms with Crippen LogP contribution in [0.4, 0.5) is 0 Å². The van der Waals surface area contributed by atoms with E-state index in [4.69, 9.17) is 4.74 Å². The minimum Gasteiger partial charge on any atom is -0.493 e. The SMILES string of the molecule is CCSCCCOc1c(C)cc(CNCC(C)C)cc1C. The molecule has 0 amide bonds. The van der Waals surface area contributed by atoms with Crippen LogP contribution in [0.3, 0.4) is 0 Å². The van der Waals surface area contributed by atoms with Crippen molar-refractivity contribution in [3.63, 3.8) is 0 Å². The van der Waals surface area contributed by atoms with Gasteiger partial charge in [0, 0.05) is 6.54 Å². The highest BCUT2D eigenvalue weighted by Crippen LogP contribution is 2.25. The molecule has 0 heterocycles. The van der Waals surface area contributed by atoms with Crippen LogP contribution in [0.5, 0.6) is 5.75 Å². The average Bonchev–Trinajstić information content (AvgIpc) is 2.40. The normalized spacial score (nSPS) is 11.1. The molecule has 0 aliphatic carbocycles. The second kappa shape index (κ2) is 10.1. The Morgan fingerprint density at radius 1 is 1.19 bits per heavy atom. The Labute approximate surface area is 135 Å². The smallest absolute Gasteiger partial charge is 0.125 e. The topological polar surface area (TPSA) is 21.3 Å². The molecule has 0 aliphatic heterocycles. The van der Waals surface area contributed by atoms with Gasteiger partial charge in [0.15, 0.2) is 0 Å². The molecule has 3 heteroatoms. The van der Waals surface area contributed by atoms with Gasteiger partial charge in [-0.25, -0.2) is 0 Å². The number of nitrogens with one attached hydrogen (secondary N) is 1. The van der Waals surface area contributed by atoms with Crippen LogP contribution in [0.25, 0.3) is 0 Å². The fraction of sp³-hybridized carbons (Fsp3) is 0.667. The summed E-state index contributed by atoms with van der Waals surface area (Å²) in [7, 11) is 0. The Bertz CT molecular complexity index is 395. The third-order valence-corrected chi connectivity index (χ3v) is 4.27. The van der Waals surface area contributed by atoms with Crippen molar-refractivity contribution in [2.45, 2.75) is 47.6 Å². The second-order valence-electron chi connectivity index (χ2n) is 5.98. The lowest BCUT2D eigenvalue weighted by Crippen LogP contribution is -2.19. The van der Waals surface area contributed by atoms with E-state index in [-0.39, 0.29) is 0 Å². The van der Waals surface area contributed by atoms with E-state index in [9.17, 15) is 0 Å². The molecule has 120 valence electrons. The Morgan fingerprint density at radius 3 is 2.43 bits per heavy atom. The van der Waals surface area contributed by atoms with Gasteiger partial charge in [-0.05, 0) is 60.9 Å². The first-order valence-corrected chi connectivity index (χ1v) is 9.21. The van der Waals surface area contributed by atoms with Gasteiger partial charge < -0.3 is 10.1 Å². The molecule has 0 fully saturated rings. The van der Waals surface area contributed by atoms with E-state index < -0.39 is 0 Å². The van der Waals surface area contributed by atoms with Crippen molar-refractivity contribution < 1.29 is 4.74 Å². The number of benzene rings is 1. The van der Waals surface area contributed by atoms with Crippen molar-refractivity contribution in [3.8, 4) is 5.75 Å². The van der Waals surface area contributed by atoms with Gasteiger partial charge in [0.05, 0.1) is 6.61 Å². The van der Waals surface area contributed by atoms with Gasteiger partial charge in [-0.2, -0.15) is 11.8 Å². The average molecular weight is 310 g/mol. The number of ether oxygens (including phenoxy) is 1. The number of hydrogen-bond donors (Lipinski definition) is 1. The fourth-order valence-corrected chi connectivity index (χ4v) is 2.97. The van der Waals surface area contributed by atoms with Crippen molar-refractivity contribution in [1.29, 1.82) is 0 Å². The van der Waals surface area contributed by atoms with Gasteiger partial charge in [0.25, 0.3) is 0 Å². The molecule has 1 N–H and O–H groups in total. The molecule has 0 spiro atoms. The van der Waals surface area contributed by atoms with E-state index in [2.05, 4.69) is 52.1 Å². The summed E-state index contributed by atoms with van der Waals surface area (Å²) < 4.78 is 5.98. The third-order valence-electron chi connectivity index (χ3n) is 3.29. The standard InChI is InChI=1S/C18H31NOS/c1-6-21-9-7-8-20-18-15(4)10-17(11-16(18)5)13-19-12-14(2)3/h10-11,14,19H,6-9,12-13H2,1-5H3. The van der Waals surface area contributed by atoms with E-state index in [0.29, 0.717) is 5.92 Å². The van der Waals surface area contributed by atoms with Crippen LogP contribution >= 0.6 is 11.8 Å². The van der Waals surface area contributed by atoms with Crippen LogP contribution in [0, 0.1) is 19.8 Å². The van der Waals surface area contributed by atoms with Crippen LogP contribution in [-0.4, -0.2) is 24.7 Å². The fourth-order valence-electron chi connectivity index (χ4n) is 2.35. The number of rotatable bonds is 10. The van der Waals surface area contributed by atoms with E-state index >= 15 is 0 Å². The first kappa shape index (κ1) is 18.4. The summed E-state index contributed by atoms with van der Waals surface area (Å²) in [6.45, 7) is 13.8. The molecule has 0 bridgehead atoms. The lowest BCUT2D eigenvalue weighted by molar-refractivity contribution is 0.314. The van der Waals surface area contributed by atoms with E-state index in [1.54, 1.807) is 0 Å². The second-order valence-corrected chi connectivity index (χ2v) is 7.38. The van der Waals surface area contributed by atoms with Crippen LogP contribution in [-0.2, 0) is 6.54 Å². The number of aryl methyl sites for hydroxylation is 2. The molecule has 0 saturated heterocycles. The summed E-state index contributed by atoms with van der Waals surface area (Å²) in [4.78, 5) is 0. The predicted octanol–water partition coefficient (Wildman–Crippen LogP) is 4.57. The molecular formula is C18H31NOS. The summed E-state index contributed by atoms with van der Waals surface area (Å²) in [5.74, 6) is 4.14. The van der Waals surface area contributed by atoms with Crippen molar-refractivity contribution >= 4 is 11.8 Å². The number of hydrogen-bond acceptors (Lipinski definition) is 3. The van der Waals surface area contributed by atoms with E-state index in [1.165, 1.54) is 28.2 Å². The maximum absolute atomic E-state index is 5.98. The molecule has 0 aromatic heterocycles. The van der Waals surface area contributed by atoms with Crippen LogP contribution < -0.4 is 10.1 Å². The Kier molecular flexibility index (Phi) is 8.86. The Hall–Kier alpha value is -0.670. The minimum atomic E-state index is 0.691. The molecule has 0 atom stereocenters. The Morgan fingerprint density at radius 2 is 1.86 bits per heavy atom. The maximum atomic E-state index is 5.98. The largest absolute Gasteiger partial charge is 0.493 e. The third kappa shape index (κ3) is 7.23. The molecule has 0 radical (unpaired) electrons. The molecule has 2 nitrogen and oxygen atoms in total. The zero-order valence-electron chi connectivity index (χ0n) is 14.3. The molecule has 21 heavy (non-hydrogen) atoms. The molecule has 0 unspecified atom stereocenters. The summed E-state index contributed by atoms with van der Waals surface area (Å²) in [6.07, 6.45) is 1.12. The summed E-state index contributed by atoms with van der Waals surface area (Å²) in [5, 5.41) is 3.50. The summed E-state index contributed by atoms with van der Waals surface area (Å²) >= 11 is 1.98. The Balaban J connectivity index is 2.50. The summed E-state index contributed by atoms with van der Waals surface area (Å²) in [6, 6.07) is 4.49. The number of thioether (sulfide) groups is 1. The van der Waals surface area contributed by atoms with Crippen molar-refractivity contribution in [2.24, 2.45) is 5.92 Å². The maximum Gasteiger partial charge on any atom is 0.125 e. The van der Waals surface area contributed by atoms with Crippen LogP contribution in [0.15, 0.2) is 12.1 Å². The highest BCUT2D eigenvalue weighted by Gasteiger charge is 2.06. The van der Waals surface area contributed by atoms with Crippen LogP contribution in [0.1, 0.15) is 43.9 Å².